The fourth-order valence-electron chi connectivity index (χ4n) is 4.48. The van der Waals surface area contributed by atoms with Gasteiger partial charge in [-0.1, -0.05) is 29.8 Å². The molecule has 2 fully saturated rings. The average Bonchev–Trinajstić information content (AvgIpc) is 3.37. The van der Waals surface area contributed by atoms with Crippen molar-refractivity contribution in [2.45, 2.75) is 19.9 Å². The molecule has 4 unspecified atom stereocenters. The third kappa shape index (κ3) is 4.42. The lowest BCUT2D eigenvalue weighted by molar-refractivity contribution is -0.140. The maximum Gasteiger partial charge on any atom is 0.233 e. The van der Waals surface area contributed by atoms with Gasteiger partial charge >= 0.3 is 0 Å². The van der Waals surface area contributed by atoms with E-state index in [1.165, 1.54) is 4.90 Å². The highest BCUT2D eigenvalue weighted by Gasteiger charge is 2.58. The molecule has 1 saturated carbocycles. The van der Waals surface area contributed by atoms with Crippen LogP contribution in [0.25, 0.3) is 0 Å². The summed E-state index contributed by atoms with van der Waals surface area (Å²) in [5.41, 5.74) is 0.947. The SMILES string of the molecule is CCNC(=NCc1ccc(Cl)nc1)NCCN1C(=O)C2C3C=CC(C3)C2C1=O.I. The first-order valence-corrected chi connectivity index (χ1v) is 10.1. The van der Waals surface area contributed by atoms with Crippen molar-refractivity contribution in [2.24, 2.45) is 28.7 Å². The molecule has 156 valence electrons. The second-order valence-corrected chi connectivity index (χ2v) is 7.83. The summed E-state index contributed by atoms with van der Waals surface area (Å²) in [6.45, 7) is 3.98. The largest absolute Gasteiger partial charge is 0.357 e. The zero-order valence-electron chi connectivity index (χ0n) is 16.2. The van der Waals surface area contributed by atoms with Crippen LogP contribution in [-0.4, -0.2) is 47.3 Å². The number of pyridine rings is 1. The van der Waals surface area contributed by atoms with Crippen LogP contribution < -0.4 is 10.6 Å². The van der Waals surface area contributed by atoms with E-state index < -0.39 is 0 Å². The van der Waals surface area contributed by atoms with E-state index in [2.05, 4.69) is 32.8 Å². The van der Waals surface area contributed by atoms with Gasteiger partial charge in [0, 0.05) is 25.8 Å². The third-order valence-corrected chi connectivity index (χ3v) is 5.97. The fourth-order valence-corrected chi connectivity index (χ4v) is 4.59. The minimum atomic E-state index is -0.137. The van der Waals surface area contributed by atoms with Gasteiger partial charge in [-0.25, -0.2) is 9.98 Å². The number of nitrogens with zero attached hydrogens (tertiary/aromatic N) is 3. The zero-order valence-corrected chi connectivity index (χ0v) is 19.3. The first-order valence-electron chi connectivity index (χ1n) is 9.74. The molecular formula is C20H25ClIN5O2. The summed E-state index contributed by atoms with van der Waals surface area (Å²) in [7, 11) is 0. The number of halogens is 2. The smallest absolute Gasteiger partial charge is 0.233 e. The summed E-state index contributed by atoms with van der Waals surface area (Å²) in [5, 5.41) is 6.82. The van der Waals surface area contributed by atoms with Crippen LogP contribution in [0.1, 0.15) is 18.9 Å². The Balaban J connectivity index is 0.00000240. The minimum absolute atomic E-state index is 0. The lowest BCUT2D eigenvalue weighted by Crippen LogP contribution is -2.43. The number of aliphatic imine (C=N–C) groups is 1. The lowest BCUT2D eigenvalue weighted by Gasteiger charge is -2.18. The number of aromatic nitrogens is 1. The average molecular weight is 530 g/mol. The Kier molecular flexibility index (Phi) is 7.15. The quantitative estimate of drug-likeness (QED) is 0.147. The number of hydrogen-bond donors (Lipinski definition) is 2. The highest BCUT2D eigenvalue weighted by molar-refractivity contribution is 14.0. The van der Waals surface area contributed by atoms with E-state index in [1.807, 2.05) is 13.0 Å². The van der Waals surface area contributed by atoms with Crippen LogP contribution in [-0.2, 0) is 16.1 Å². The number of imide groups is 1. The van der Waals surface area contributed by atoms with Crippen LogP contribution in [0.3, 0.4) is 0 Å². The third-order valence-electron chi connectivity index (χ3n) is 5.74. The molecule has 2 amide bonds. The molecule has 1 aliphatic heterocycles. The van der Waals surface area contributed by atoms with Crippen LogP contribution in [0.2, 0.25) is 5.15 Å². The van der Waals surface area contributed by atoms with Gasteiger partial charge in [0.15, 0.2) is 5.96 Å². The highest BCUT2D eigenvalue weighted by atomic mass is 127. The molecule has 0 radical (unpaired) electrons. The van der Waals surface area contributed by atoms with E-state index >= 15 is 0 Å². The summed E-state index contributed by atoms with van der Waals surface area (Å²) >= 11 is 5.80. The molecule has 0 aromatic carbocycles. The Morgan fingerprint density at radius 2 is 1.90 bits per heavy atom. The highest BCUT2D eigenvalue weighted by Crippen LogP contribution is 2.52. The molecule has 2 aliphatic carbocycles. The Labute approximate surface area is 192 Å². The zero-order chi connectivity index (χ0) is 19.7. The van der Waals surface area contributed by atoms with E-state index in [-0.39, 0.29) is 59.5 Å². The maximum absolute atomic E-state index is 12.7. The van der Waals surface area contributed by atoms with Gasteiger partial charge in [0.1, 0.15) is 5.15 Å². The molecule has 4 atom stereocenters. The lowest BCUT2D eigenvalue weighted by atomic mass is 9.85. The van der Waals surface area contributed by atoms with Crippen molar-refractivity contribution in [1.29, 1.82) is 0 Å². The van der Waals surface area contributed by atoms with Gasteiger partial charge in [-0.15, -0.1) is 24.0 Å². The predicted octanol–water partition coefficient (Wildman–Crippen LogP) is 2.22. The maximum atomic E-state index is 12.7. The first-order chi connectivity index (χ1) is 13.6. The topological polar surface area (TPSA) is 86.7 Å². The molecule has 7 nitrogen and oxygen atoms in total. The number of nitrogens with one attached hydrogen (secondary N) is 2. The second kappa shape index (κ2) is 9.42. The normalized spacial score (nSPS) is 27.2. The first kappa shape index (κ1) is 22.0. The molecule has 1 aromatic heterocycles. The van der Waals surface area contributed by atoms with Crippen molar-refractivity contribution in [3.63, 3.8) is 0 Å². The van der Waals surface area contributed by atoms with Crippen LogP contribution >= 0.6 is 35.6 Å². The summed E-state index contributed by atoms with van der Waals surface area (Å²) in [6, 6.07) is 3.61. The van der Waals surface area contributed by atoms with Crippen molar-refractivity contribution < 1.29 is 9.59 Å². The molecule has 1 saturated heterocycles. The number of guanidine groups is 1. The van der Waals surface area contributed by atoms with Crippen LogP contribution in [0, 0.1) is 23.7 Å². The van der Waals surface area contributed by atoms with Crippen molar-refractivity contribution >= 4 is 53.4 Å². The number of amides is 2. The van der Waals surface area contributed by atoms with Gasteiger partial charge in [0.05, 0.1) is 18.4 Å². The summed E-state index contributed by atoms with van der Waals surface area (Å²) in [4.78, 5) is 35.4. The van der Waals surface area contributed by atoms with E-state index in [9.17, 15) is 9.59 Å². The Morgan fingerprint density at radius 1 is 1.21 bits per heavy atom. The van der Waals surface area contributed by atoms with E-state index in [4.69, 9.17) is 11.6 Å². The van der Waals surface area contributed by atoms with Gasteiger partial charge in [-0.05, 0) is 36.8 Å². The molecule has 1 aromatic rings. The van der Waals surface area contributed by atoms with Crippen LogP contribution in [0.4, 0.5) is 0 Å². The molecule has 9 heteroatoms. The van der Waals surface area contributed by atoms with Gasteiger partial charge in [-0.3, -0.25) is 14.5 Å². The number of fused-ring (bicyclic) bond motifs is 5. The Hall–Kier alpha value is -1.68. The standard InChI is InChI=1S/C20H24ClN5O2.HI/c1-2-22-20(25-11-12-3-6-15(21)24-10-12)23-7-8-26-18(27)16-13-4-5-14(9-13)17(16)19(26)28;/h3-6,10,13-14,16-17H,2,7-9,11H2,1H3,(H2,22,23,25);1H. The van der Waals surface area contributed by atoms with Crippen molar-refractivity contribution in [3.8, 4) is 0 Å². The van der Waals surface area contributed by atoms with E-state index in [0.717, 1.165) is 12.0 Å². The van der Waals surface area contributed by atoms with Gasteiger partial charge in [0.25, 0.3) is 0 Å². The molecule has 0 spiro atoms. The molecular weight excluding hydrogens is 505 g/mol. The van der Waals surface area contributed by atoms with E-state index in [1.54, 1.807) is 12.3 Å². The van der Waals surface area contributed by atoms with Crippen LogP contribution in [0.5, 0.6) is 0 Å². The van der Waals surface area contributed by atoms with Crippen LogP contribution in [0.15, 0.2) is 35.5 Å². The Morgan fingerprint density at radius 3 is 2.48 bits per heavy atom. The molecule has 29 heavy (non-hydrogen) atoms. The van der Waals surface area contributed by atoms with Gasteiger partial charge in [0.2, 0.25) is 11.8 Å². The van der Waals surface area contributed by atoms with Crippen molar-refractivity contribution in [1.82, 2.24) is 20.5 Å². The van der Waals surface area contributed by atoms with Crippen molar-refractivity contribution in [3.05, 3.63) is 41.2 Å². The second-order valence-electron chi connectivity index (χ2n) is 7.44. The number of carbonyl (C=O) groups excluding carboxylic acids is 2. The van der Waals surface area contributed by atoms with Gasteiger partial charge in [-0.2, -0.15) is 0 Å². The molecule has 4 rings (SSSR count). The Bertz CT molecular complexity index is 799. The summed E-state index contributed by atoms with van der Waals surface area (Å²) < 4.78 is 0. The molecule has 2 bridgehead atoms. The molecule has 2 N–H and O–H groups in total. The molecule has 3 aliphatic rings. The van der Waals surface area contributed by atoms with Gasteiger partial charge < -0.3 is 10.6 Å². The summed E-state index contributed by atoms with van der Waals surface area (Å²) in [5.74, 6) is 0.834. The van der Waals surface area contributed by atoms with Crippen molar-refractivity contribution in [2.75, 3.05) is 19.6 Å². The number of allylic oxidation sites excluding steroid dienone is 2. The summed E-state index contributed by atoms with van der Waals surface area (Å²) in [6.07, 6.45) is 6.87. The molecule has 2 heterocycles. The number of carbonyl (C=O) groups is 2. The number of hydrogen-bond acceptors (Lipinski definition) is 4. The number of rotatable bonds is 6. The number of likely N-dealkylation sites (tertiary alicyclic amines) is 1. The predicted molar refractivity (Wildman–Crippen MR) is 122 cm³/mol. The monoisotopic (exact) mass is 529 g/mol. The fraction of sp³-hybridized carbons (Fsp3) is 0.500. The van der Waals surface area contributed by atoms with E-state index in [0.29, 0.717) is 37.3 Å². The minimum Gasteiger partial charge on any atom is -0.357 e.